The SMILES string of the molecule is CCCCN(C)S(=O)(=O)c1ccc2c(c1)CNCC2. The summed E-state index contributed by atoms with van der Waals surface area (Å²) in [7, 11) is -1.68. The highest BCUT2D eigenvalue weighted by Gasteiger charge is 2.21. The van der Waals surface area contributed by atoms with Crippen LogP contribution in [0.2, 0.25) is 0 Å². The van der Waals surface area contributed by atoms with E-state index < -0.39 is 10.0 Å². The standard InChI is InChI=1S/C14H22N2O2S/c1-3-4-9-16(2)19(17,18)14-6-5-12-7-8-15-11-13(12)10-14/h5-6,10,15H,3-4,7-9,11H2,1-2H3. The summed E-state index contributed by atoms with van der Waals surface area (Å²) < 4.78 is 26.3. The minimum atomic E-state index is -3.34. The van der Waals surface area contributed by atoms with Crippen molar-refractivity contribution in [3.63, 3.8) is 0 Å². The molecule has 2 rings (SSSR count). The van der Waals surface area contributed by atoms with E-state index >= 15 is 0 Å². The topological polar surface area (TPSA) is 49.4 Å². The van der Waals surface area contributed by atoms with E-state index in [9.17, 15) is 8.42 Å². The van der Waals surface area contributed by atoms with Crippen molar-refractivity contribution in [3.8, 4) is 0 Å². The Kier molecular flexibility index (Phi) is 4.60. The molecule has 0 spiro atoms. The van der Waals surface area contributed by atoms with Gasteiger partial charge in [0.25, 0.3) is 0 Å². The molecule has 1 N–H and O–H groups in total. The van der Waals surface area contributed by atoms with Crippen molar-refractivity contribution in [2.24, 2.45) is 0 Å². The first-order valence-corrected chi connectivity index (χ1v) is 8.28. The van der Waals surface area contributed by atoms with E-state index in [0.29, 0.717) is 11.4 Å². The quantitative estimate of drug-likeness (QED) is 0.895. The van der Waals surface area contributed by atoms with Crippen LogP contribution in [0.4, 0.5) is 0 Å². The van der Waals surface area contributed by atoms with E-state index in [4.69, 9.17) is 0 Å². The second kappa shape index (κ2) is 6.03. The van der Waals surface area contributed by atoms with Crippen LogP contribution in [-0.4, -0.2) is 32.9 Å². The zero-order valence-corrected chi connectivity index (χ0v) is 12.5. The maximum Gasteiger partial charge on any atom is 0.242 e. The summed E-state index contributed by atoms with van der Waals surface area (Å²) in [5.74, 6) is 0. The van der Waals surface area contributed by atoms with Crippen LogP contribution < -0.4 is 5.32 Å². The largest absolute Gasteiger partial charge is 0.312 e. The zero-order valence-electron chi connectivity index (χ0n) is 11.6. The van der Waals surface area contributed by atoms with Gasteiger partial charge >= 0.3 is 0 Å². The molecule has 0 bridgehead atoms. The molecule has 4 nitrogen and oxygen atoms in total. The third kappa shape index (κ3) is 3.16. The fraction of sp³-hybridized carbons (Fsp3) is 0.571. The predicted octanol–water partition coefficient (Wildman–Crippen LogP) is 1.75. The highest BCUT2D eigenvalue weighted by atomic mass is 32.2. The van der Waals surface area contributed by atoms with Gasteiger partial charge in [-0.1, -0.05) is 19.4 Å². The average molecular weight is 282 g/mol. The molecule has 0 fully saturated rings. The van der Waals surface area contributed by atoms with Gasteiger partial charge in [0.2, 0.25) is 10.0 Å². The normalized spacial score (nSPS) is 15.5. The van der Waals surface area contributed by atoms with E-state index in [1.165, 1.54) is 9.87 Å². The van der Waals surface area contributed by atoms with Gasteiger partial charge in [-0.05, 0) is 42.6 Å². The number of unbranched alkanes of at least 4 members (excludes halogenated alkanes) is 1. The molecule has 0 saturated carbocycles. The molecule has 1 aliphatic rings. The first-order chi connectivity index (χ1) is 9.05. The van der Waals surface area contributed by atoms with Crippen LogP contribution in [0.5, 0.6) is 0 Å². The Morgan fingerprint density at radius 1 is 1.32 bits per heavy atom. The Balaban J connectivity index is 2.25. The van der Waals surface area contributed by atoms with E-state index in [1.807, 2.05) is 12.1 Å². The molecule has 1 aromatic rings. The molecule has 1 heterocycles. The number of sulfonamides is 1. The van der Waals surface area contributed by atoms with Crippen LogP contribution in [0.1, 0.15) is 30.9 Å². The van der Waals surface area contributed by atoms with Gasteiger partial charge in [0, 0.05) is 20.1 Å². The number of rotatable bonds is 5. The van der Waals surface area contributed by atoms with Gasteiger partial charge < -0.3 is 5.32 Å². The summed E-state index contributed by atoms with van der Waals surface area (Å²) in [6.07, 6.45) is 2.86. The summed E-state index contributed by atoms with van der Waals surface area (Å²) in [4.78, 5) is 0.411. The molecule has 0 aromatic heterocycles. The highest BCUT2D eigenvalue weighted by molar-refractivity contribution is 7.89. The van der Waals surface area contributed by atoms with Crippen LogP contribution in [0.25, 0.3) is 0 Å². The Morgan fingerprint density at radius 2 is 2.11 bits per heavy atom. The molecule has 1 aliphatic heterocycles. The number of benzene rings is 1. The minimum absolute atomic E-state index is 0.411. The smallest absolute Gasteiger partial charge is 0.242 e. The maximum absolute atomic E-state index is 12.4. The first kappa shape index (κ1) is 14.5. The van der Waals surface area contributed by atoms with E-state index in [-0.39, 0.29) is 0 Å². The van der Waals surface area contributed by atoms with Crippen molar-refractivity contribution in [1.82, 2.24) is 9.62 Å². The molecule has 106 valence electrons. The lowest BCUT2D eigenvalue weighted by molar-refractivity contribution is 0.459. The van der Waals surface area contributed by atoms with Crippen molar-refractivity contribution in [3.05, 3.63) is 29.3 Å². The predicted molar refractivity (Wildman–Crippen MR) is 76.6 cm³/mol. The third-order valence-corrected chi connectivity index (χ3v) is 5.45. The number of nitrogens with zero attached hydrogens (tertiary/aromatic N) is 1. The fourth-order valence-corrected chi connectivity index (χ4v) is 3.56. The van der Waals surface area contributed by atoms with E-state index in [1.54, 1.807) is 13.1 Å². The lowest BCUT2D eigenvalue weighted by Crippen LogP contribution is -2.29. The van der Waals surface area contributed by atoms with Crippen LogP contribution in [0, 0.1) is 0 Å². The minimum Gasteiger partial charge on any atom is -0.312 e. The molecule has 0 unspecified atom stereocenters. The van der Waals surface area contributed by atoms with Crippen molar-refractivity contribution in [2.45, 2.75) is 37.6 Å². The van der Waals surface area contributed by atoms with Gasteiger partial charge in [-0.3, -0.25) is 0 Å². The number of nitrogens with one attached hydrogen (secondary N) is 1. The first-order valence-electron chi connectivity index (χ1n) is 6.84. The van der Waals surface area contributed by atoms with Crippen molar-refractivity contribution in [2.75, 3.05) is 20.1 Å². The molecule has 1 aromatic carbocycles. The second-order valence-corrected chi connectivity index (χ2v) is 7.08. The van der Waals surface area contributed by atoms with Crippen LogP contribution in [0.15, 0.2) is 23.1 Å². The second-order valence-electron chi connectivity index (χ2n) is 5.04. The van der Waals surface area contributed by atoms with Crippen molar-refractivity contribution in [1.29, 1.82) is 0 Å². The maximum atomic E-state index is 12.4. The molecule has 0 saturated heterocycles. The summed E-state index contributed by atoms with van der Waals surface area (Å²) in [5.41, 5.74) is 2.37. The number of hydrogen-bond acceptors (Lipinski definition) is 3. The van der Waals surface area contributed by atoms with Crippen molar-refractivity contribution >= 4 is 10.0 Å². The Morgan fingerprint density at radius 3 is 2.84 bits per heavy atom. The monoisotopic (exact) mass is 282 g/mol. The molecular weight excluding hydrogens is 260 g/mol. The number of fused-ring (bicyclic) bond motifs is 1. The van der Waals surface area contributed by atoms with Gasteiger partial charge in [0.05, 0.1) is 4.90 Å². The van der Waals surface area contributed by atoms with E-state index in [2.05, 4.69) is 12.2 Å². The van der Waals surface area contributed by atoms with Gasteiger partial charge in [-0.25, -0.2) is 12.7 Å². The molecule has 0 aliphatic carbocycles. The molecule has 0 amide bonds. The van der Waals surface area contributed by atoms with Crippen LogP contribution in [0.3, 0.4) is 0 Å². The Bertz CT molecular complexity index is 540. The molecule has 0 radical (unpaired) electrons. The highest BCUT2D eigenvalue weighted by Crippen LogP contribution is 2.21. The number of hydrogen-bond donors (Lipinski definition) is 1. The summed E-state index contributed by atoms with van der Waals surface area (Å²) in [6.45, 7) is 4.37. The lowest BCUT2D eigenvalue weighted by Gasteiger charge is -2.20. The lowest BCUT2D eigenvalue weighted by atomic mass is 10.0. The van der Waals surface area contributed by atoms with Gasteiger partial charge in [0.1, 0.15) is 0 Å². The van der Waals surface area contributed by atoms with Crippen molar-refractivity contribution < 1.29 is 8.42 Å². The Labute approximate surface area is 115 Å². The van der Waals surface area contributed by atoms with Crippen LogP contribution >= 0.6 is 0 Å². The average Bonchev–Trinajstić information content (AvgIpc) is 2.44. The molecular formula is C14H22N2O2S. The zero-order chi connectivity index (χ0) is 13.9. The van der Waals surface area contributed by atoms with Gasteiger partial charge in [-0.2, -0.15) is 0 Å². The van der Waals surface area contributed by atoms with Gasteiger partial charge in [0.15, 0.2) is 0 Å². The molecule has 0 atom stereocenters. The molecule has 5 heteroatoms. The van der Waals surface area contributed by atoms with E-state index in [0.717, 1.165) is 37.9 Å². The Hall–Kier alpha value is -0.910. The summed E-state index contributed by atoms with van der Waals surface area (Å²) >= 11 is 0. The fourth-order valence-electron chi connectivity index (χ4n) is 2.30. The summed E-state index contributed by atoms with van der Waals surface area (Å²) in [6, 6.07) is 5.51. The van der Waals surface area contributed by atoms with Crippen LogP contribution in [-0.2, 0) is 23.0 Å². The summed E-state index contributed by atoms with van der Waals surface area (Å²) in [5, 5.41) is 3.27. The van der Waals surface area contributed by atoms with Gasteiger partial charge in [-0.15, -0.1) is 0 Å². The third-order valence-electron chi connectivity index (χ3n) is 3.60. The molecule has 19 heavy (non-hydrogen) atoms.